The number of fused-ring (bicyclic) bond motifs is 2. The number of ether oxygens (including phenoxy) is 2. The van der Waals surface area contributed by atoms with Crippen molar-refractivity contribution in [3.8, 4) is 11.5 Å². The summed E-state index contributed by atoms with van der Waals surface area (Å²) >= 11 is 0. The Bertz CT molecular complexity index is 1540. The lowest BCUT2D eigenvalue weighted by molar-refractivity contribution is -0.385. The van der Waals surface area contributed by atoms with Crippen molar-refractivity contribution in [1.29, 1.82) is 0 Å². The molecule has 0 fully saturated rings. The maximum Gasteiger partial charge on any atom is 0.279 e. The molecular weight excluding hydrogens is 486 g/mol. The fourth-order valence-electron chi connectivity index (χ4n) is 5.41. The Morgan fingerprint density at radius 1 is 0.974 bits per heavy atom. The predicted molar refractivity (Wildman–Crippen MR) is 141 cm³/mol. The normalized spacial score (nSPS) is 19.0. The Morgan fingerprint density at radius 3 is 2.45 bits per heavy atom. The molecular formula is C29H25N3O6. The Hall–Kier alpha value is -4.66. The van der Waals surface area contributed by atoms with Gasteiger partial charge in [0.15, 0.2) is 23.1 Å². The van der Waals surface area contributed by atoms with Gasteiger partial charge in [0.05, 0.1) is 34.0 Å². The first kappa shape index (κ1) is 23.7. The number of nitro groups is 1. The van der Waals surface area contributed by atoms with Crippen LogP contribution >= 0.6 is 0 Å². The number of nitrogens with one attached hydrogen (secondary N) is 2. The highest BCUT2D eigenvalue weighted by Crippen LogP contribution is 2.49. The number of carbonyl (C=O) groups is 2. The van der Waals surface area contributed by atoms with E-state index >= 15 is 0 Å². The standard InChI is InChI=1S/C29H25N3O6/c1-29(2)13-21-26(23(33)14-29)27(18-11-24-25(38-15-37-24)12-22(18)32(35)36)31-19-9-8-17(10-20(19)30-21)28(34)16-6-4-3-5-7-16/h3-12,27,30-31H,13-15H2,1-2H3. The van der Waals surface area contributed by atoms with Gasteiger partial charge in [-0.1, -0.05) is 44.2 Å². The summed E-state index contributed by atoms with van der Waals surface area (Å²) in [6.07, 6.45) is 0.860. The van der Waals surface area contributed by atoms with E-state index in [0.717, 1.165) is 0 Å². The zero-order valence-corrected chi connectivity index (χ0v) is 20.9. The molecule has 1 aliphatic carbocycles. The molecule has 0 amide bonds. The molecule has 3 aliphatic rings. The summed E-state index contributed by atoms with van der Waals surface area (Å²) in [4.78, 5) is 38.4. The van der Waals surface area contributed by atoms with Crippen molar-refractivity contribution in [2.24, 2.45) is 5.41 Å². The van der Waals surface area contributed by atoms with Gasteiger partial charge >= 0.3 is 0 Å². The lowest BCUT2D eigenvalue weighted by atomic mass is 9.73. The fraction of sp³-hybridized carbons (Fsp3) is 0.241. The topological polar surface area (TPSA) is 120 Å². The number of hydrogen-bond acceptors (Lipinski definition) is 8. The third-order valence-electron chi connectivity index (χ3n) is 7.14. The minimum atomic E-state index is -0.812. The van der Waals surface area contributed by atoms with E-state index in [4.69, 9.17) is 9.47 Å². The van der Waals surface area contributed by atoms with E-state index in [1.165, 1.54) is 6.07 Å². The first-order valence-electron chi connectivity index (χ1n) is 12.3. The summed E-state index contributed by atoms with van der Waals surface area (Å²) in [6.45, 7) is 4.00. The predicted octanol–water partition coefficient (Wildman–Crippen LogP) is 5.78. The summed E-state index contributed by atoms with van der Waals surface area (Å²) in [5, 5.41) is 18.9. The quantitative estimate of drug-likeness (QED) is 0.257. The molecule has 0 radical (unpaired) electrons. The van der Waals surface area contributed by atoms with Crippen LogP contribution in [0.4, 0.5) is 17.1 Å². The monoisotopic (exact) mass is 511 g/mol. The number of ketones is 2. The smallest absolute Gasteiger partial charge is 0.279 e. The summed E-state index contributed by atoms with van der Waals surface area (Å²) in [5.74, 6) is 0.458. The average molecular weight is 512 g/mol. The number of nitro benzene ring substituents is 1. The van der Waals surface area contributed by atoms with Crippen LogP contribution in [-0.4, -0.2) is 23.3 Å². The Morgan fingerprint density at radius 2 is 1.71 bits per heavy atom. The van der Waals surface area contributed by atoms with Gasteiger partial charge in [-0.15, -0.1) is 0 Å². The maximum atomic E-state index is 13.6. The first-order valence-corrected chi connectivity index (χ1v) is 12.3. The van der Waals surface area contributed by atoms with Gasteiger partial charge in [0.25, 0.3) is 5.69 Å². The number of Topliss-reactive ketones (excluding diaryl/α,β-unsaturated/α-hetero) is 1. The number of carbonyl (C=O) groups excluding carboxylic acids is 2. The van der Waals surface area contributed by atoms with Gasteiger partial charge in [-0.3, -0.25) is 19.7 Å². The molecule has 3 aromatic carbocycles. The van der Waals surface area contributed by atoms with Crippen LogP contribution in [0.2, 0.25) is 0 Å². The van der Waals surface area contributed by atoms with Crippen molar-refractivity contribution < 1.29 is 24.0 Å². The van der Waals surface area contributed by atoms with Gasteiger partial charge < -0.3 is 20.1 Å². The molecule has 1 unspecified atom stereocenters. The van der Waals surface area contributed by atoms with Crippen LogP contribution in [0.1, 0.15) is 54.2 Å². The molecule has 9 nitrogen and oxygen atoms in total. The van der Waals surface area contributed by atoms with Crippen LogP contribution in [0.15, 0.2) is 71.9 Å². The molecule has 2 N–H and O–H groups in total. The van der Waals surface area contributed by atoms with E-state index in [9.17, 15) is 19.7 Å². The third kappa shape index (κ3) is 4.06. The van der Waals surface area contributed by atoms with Gasteiger partial charge in [0.1, 0.15) is 0 Å². The van der Waals surface area contributed by atoms with Gasteiger partial charge in [-0.05, 0) is 36.1 Å². The summed E-state index contributed by atoms with van der Waals surface area (Å²) < 4.78 is 10.9. The largest absolute Gasteiger partial charge is 0.454 e. The van der Waals surface area contributed by atoms with E-state index in [2.05, 4.69) is 10.6 Å². The van der Waals surface area contributed by atoms with Crippen LogP contribution in [0.3, 0.4) is 0 Å². The van der Waals surface area contributed by atoms with Crippen molar-refractivity contribution in [1.82, 2.24) is 0 Å². The lowest BCUT2D eigenvalue weighted by Gasteiger charge is -2.34. The summed E-state index contributed by atoms with van der Waals surface area (Å²) in [6, 6.07) is 16.3. The summed E-state index contributed by atoms with van der Waals surface area (Å²) in [7, 11) is 0. The van der Waals surface area contributed by atoms with Crippen molar-refractivity contribution in [2.75, 3.05) is 17.4 Å². The Kier molecular flexibility index (Phi) is 5.45. The molecule has 2 heterocycles. The molecule has 0 spiro atoms. The molecule has 0 bridgehead atoms. The zero-order valence-electron chi connectivity index (χ0n) is 20.9. The number of nitrogens with zero attached hydrogens (tertiary/aromatic N) is 1. The van der Waals surface area contributed by atoms with Crippen molar-refractivity contribution in [2.45, 2.75) is 32.7 Å². The van der Waals surface area contributed by atoms with Crippen LogP contribution in [-0.2, 0) is 4.79 Å². The highest BCUT2D eigenvalue weighted by atomic mass is 16.7. The SMILES string of the molecule is CC1(C)CC(=O)C2=C(C1)Nc1cc(C(=O)c3ccccc3)ccc1NC2c1cc2c(cc1[N+](=O)[O-])OCO2. The molecule has 1 atom stereocenters. The highest BCUT2D eigenvalue weighted by Gasteiger charge is 2.41. The van der Waals surface area contributed by atoms with E-state index in [1.54, 1.807) is 36.4 Å². The average Bonchev–Trinajstić information content (AvgIpc) is 3.28. The first-order chi connectivity index (χ1) is 18.2. The van der Waals surface area contributed by atoms with Crippen LogP contribution < -0.4 is 20.1 Å². The second-order valence-electron chi connectivity index (χ2n) is 10.5. The summed E-state index contributed by atoms with van der Waals surface area (Å²) in [5.41, 5.74) is 3.24. The molecule has 0 saturated carbocycles. The second-order valence-corrected chi connectivity index (χ2v) is 10.5. The van der Waals surface area contributed by atoms with Crippen LogP contribution in [0, 0.1) is 15.5 Å². The van der Waals surface area contributed by atoms with E-state index in [0.29, 0.717) is 63.7 Å². The minimum Gasteiger partial charge on any atom is -0.454 e. The molecule has 192 valence electrons. The number of anilines is 2. The molecule has 9 heteroatoms. The number of allylic oxidation sites excluding steroid dienone is 1. The van der Waals surface area contributed by atoms with E-state index in [-0.39, 0.29) is 29.5 Å². The van der Waals surface area contributed by atoms with Gasteiger partial charge in [0.2, 0.25) is 6.79 Å². The van der Waals surface area contributed by atoms with Crippen molar-refractivity contribution in [3.05, 3.63) is 98.7 Å². The number of hydrogen-bond donors (Lipinski definition) is 2. The van der Waals surface area contributed by atoms with Gasteiger partial charge in [0, 0.05) is 28.8 Å². The van der Waals surface area contributed by atoms with E-state index in [1.807, 2.05) is 32.0 Å². The van der Waals surface area contributed by atoms with Crippen LogP contribution in [0.25, 0.3) is 0 Å². The highest BCUT2D eigenvalue weighted by molar-refractivity contribution is 6.10. The second kappa shape index (κ2) is 8.72. The van der Waals surface area contributed by atoms with E-state index < -0.39 is 11.0 Å². The van der Waals surface area contributed by atoms with Crippen molar-refractivity contribution >= 4 is 28.6 Å². The van der Waals surface area contributed by atoms with Crippen LogP contribution in [0.5, 0.6) is 11.5 Å². The molecule has 3 aromatic rings. The van der Waals surface area contributed by atoms with Crippen molar-refractivity contribution in [3.63, 3.8) is 0 Å². The fourth-order valence-corrected chi connectivity index (χ4v) is 5.41. The zero-order chi connectivity index (χ0) is 26.6. The van der Waals surface area contributed by atoms with Gasteiger partial charge in [-0.2, -0.15) is 0 Å². The van der Waals surface area contributed by atoms with Gasteiger partial charge in [-0.25, -0.2) is 0 Å². The third-order valence-corrected chi connectivity index (χ3v) is 7.14. The molecule has 6 rings (SSSR count). The molecule has 2 aliphatic heterocycles. The minimum absolute atomic E-state index is 0.0300. The Balaban J connectivity index is 1.50. The Labute approximate surface area is 218 Å². The molecule has 38 heavy (non-hydrogen) atoms. The molecule has 0 aromatic heterocycles. The lowest BCUT2D eigenvalue weighted by Crippen LogP contribution is -2.31. The maximum absolute atomic E-state index is 13.6. The number of rotatable bonds is 4. The molecule has 0 saturated heterocycles. The number of benzene rings is 3.